The molecule has 0 aromatic heterocycles. The molecule has 0 spiro atoms. The third kappa shape index (κ3) is 2.51. The molecule has 0 fully saturated rings. The summed E-state index contributed by atoms with van der Waals surface area (Å²) in [7, 11) is 0. The molecule has 0 saturated heterocycles. The Morgan fingerprint density at radius 2 is 1.48 bits per heavy atom. The zero-order valence-electron chi connectivity index (χ0n) is 10.6. The summed E-state index contributed by atoms with van der Waals surface area (Å²) in [5, 5.41) is 8.81. The van der Waals surface area contributed by atoms with Crippen molar-refractivity contribution in [1.82, 2.24) is 0 Å². The molecular formula is C14H6Cl2N2O2Zn. The fourth-order valence-electron chi connectivity index (χ4n) is 2.21. The third-order valence-corrected chi connectivity index (χ3v) is 3.50. The zero-order chi connectivity index (χ0) is 13.6. The Labute approximate surface area is 144 Å². The van der Waals surface area contributed by atoms with E-state index in [1.54, 1.807) is 24.3 Å². The number of hydrogen-bond acceptors (Lipinski definition) is 3. The van der Waals surface area contributed by atoms with Gasteiger partial charge in [-0.05, 0) is 6.07 Å². The van der Waals surface area contributed by atoms with E-state index in [0.29, 0.717) is 11.1 Å². The molecule has 7 heteroatoms. The van der Waals surface area contributed by atoms with E-state index < -0.39 is 0 Å². The van der Waals surface area contributed by atoms with Crippen molar-refractivity contribution in [3.63, 3.8) is 0 Å². The largest absolute Gasteiger partial charge is 1.00 e. The molecule has 1 aliphatic carbocycles. The van der Waals surface area contributed by atoms with Crippen LogP contribution in [0.15, 0.2) is 36.4 Å². The molecule has 0 saturated carbocycles. The monoisotopic (exact) mass is 368 g/mol. The molecular weight excluding hydrogens is 364 g/mol. The Balaban J connectivity index is 0.00000110. The van der Waals surface area contributed by atoms with E-state index in [9.17, 15) is 9.59 Å². The summed E-state index contributed by atoms with van der Waals surface area (Å²) in [5.74, 6) is -0.586. The summed E-state index contributed by atoms with van der Waals surface area (Å²) >= 11 is 6.03. The first-order valence-electron chi connectivity index (χ1n) is 5.51. The van der Waals surface area contributed by atoms with Gasteiger partial charge in [0.25, 0.3) is 0 Å². The van der Waals surface area contributed by atoms with Crippen LogP contribution in [-0.2, 0) is 19.5 Å². The van der Waals surface area contributed by atoms with Gasteiger partial charge in [0.2, 0.25) is 5.39 Å². The van der Waals surface area contributed by atoms with E-state index >= 15 is 0 Å². The smallest absolute Gasteiger partial charge is 0.404 e. The molecule has 0 heterocycles. The number of nitrogens with zero attached hydrogens (tertiary/aromatic N) is 2. The van der Waals surface area contributed by atoms with Crippen LogP contribution in [0.5, 0.6) is 0 Å². The average molecular weight is 371 g/mol. The first-order valence-corrected chi connectivity index (χ1v) is 5.89. The van der Waals surface area contributed by atoms with E-state index in [1.165, 1.54) is 12.1 Å². The van der Waals surface area contributed by atoms with Gasteiger partial charge in [-0.3, -0.25) is 9.59 Å². The number of halogens is 2. The number of carbonyl (C=O) groups excluding carboxylic acids is 2. The number of ketones is 2. The second kappa shape index (κ2) is 6.45. The Hall–Kier alpha value is -1.60. The van der Waals surface area contributed by atoms with Gasteiger partial charge >= 0.3 is 5.69 Å². The van der Waals surface area contributed by atoms with Crippen LogP contribution in [-0.4, -0.2) is 11.6 Å². The van der Waals surface area contributed by atoms with E-state index in [1.807, 2.05) is 0 Å². The van der Waals surface area contributed by atoms with Gasteiger partial charge in [0, 0.05) is 42.2 Å². The molecule has 2 aromatic carbocycles. The second-order valence-corrected chi connectivity index (χ2v) is 4.50. The van der Waals surface area contributed by atoms with Crippen molar-refractivity contribution < 1.29 is 41.5 Å². The minimum Gasteiger partial charge on any atom is -1.00 e. The van der Waals surface area contributed by atoms with Crippen LogP contribution < -0.4 is 12.4 Å². The quantitative estimate of drug-likeness (QED) is 0.430. The molecule has 1 aliphatic rings. The van der Waals surface area contributed by atoms with Crippen LogP contribution in [0.4, 0.5) is 5.69 Å². The van der Waals surface area contributed by atoms with Crippen LogP contribution in [0.1, 0.15) is 31.8 Å². The van der Waals surface area contributed by atoms with Crippen molar-refractivity contribution in [2.75, 3.05) is 0 Å². The summed E-state index contributed by atoms with van der Waals surface area (Å²) in [6, 6.07) is 9.43. The maximum atomic E-state index is 12.4. The summed E-state index contributed by atoms with van der Waals surface area (Å²) in [4.78, 5) is 27.7. The van der Waals surface area contributed by atoms with Gasteiger partial charge in [-0.2, -0.15) is 0 Å². The van der Waals surface area contributed by atoms with E-state index in [0.717, 1.165) is 0 Å². The van der Waals surface area contributed by atoms with Crippen molar-refractivity contribution in [2.45, 2.75) is 0 Å². The van der Waals surface area contributed by atoms with Crippen LogP contribution in [0, 0.1) is 5.39 Å². The van der Waals surface area contributed by atoms with Gasteiger partial charge in [-0.25, -0.2) is 0 Å². The number of carbonyl (C=O) groups is 2. The van der Waals surface area contributed by atoms with Crippen molar-refractivity contribution in [3.8, 4) is 0 Å². The first kappa shape index (κ1) is 17.5. The van der Waals surface area contributed by atoms with Gasteiger partial charge in [0.05, 0.1) is 5.56 Å². The summed E-state index contributed by atoms with van der Waals surface area (Å²) in [5.41, 5.74) is 1.09. The van der Waals surface area contributed by atoms with Crippen molar-refractivity contribution in [1.29, 1.82) is 5.39 Å². The predicted octanol–water partition coefficient (Wildman–Crippen LogP) is 0.601. The Kier molecular flexibility index (Phi) is 5.36. The first-order chi connectivity index (χ1) is 9.15. The average Bonchev–Trinajstić information content (AvgIpc) is 2.44. The number of hydrogen-bond donors (Lipinski definition) is 0. The van der Waals surface area contributed by atoms with E-state index in [2.05, 4.69) is 4.98 Å². The predicted molar refractivity (Wildman–Crippen MR) is 69.5 cm³/mol. The number of diazo groups is 1. The van der Waals surface area contributed by atoms with Gasteiger partial charge < -0.3 is 12.4 Å². The minimum absolute atomic E-state index is 0. The molecule has 0 aliphatic heterocycles. The van der Waals surface area contributed by atoms with Gasteiger partial charge in [0.15, 0.2) is 16.5 Å². The maximum Gasteiger partial charge on any atom is 0.404 e. The molecule has 21 heavy (non-hydrogen) atoms. The molecule has 0 unspecified atom stereocenters. The molecule has 100 valence electrons. The maximum absolute atomic E-state index is 12.4. The summed E-state index contributed by atoms with van der Waals surface area (Å²) in [6.07, 6.45) is 0. The van der Waals surface area contributed by atoms with Gasteiger partial charge in [0.1, 0.15) is 5.02 Å². The summed E-state index contributed by atoms with van der Waals surface area (Å²) < 4.78 is 0. The molecule has 2 aromatic rings. The van der Waals surface area contributed by atoms with Gasteiger partial charge in [-0.1, -0.05) is 35.9 Å². The molecule has 3 rings (SSSR count). The second-order valence-electron chi connectivity index (χ2n) is 4.13. The number of benzene rings is 2. The van der Waals surface area contributed by atoms with Crippen molar-refractivity contribution in [2.24, 2.45) is 0 Å². The standard InChI is InChI=1S/C14H6ClN2O2.ClH.Zn/c15-12-10(17-16)6-5-9-11(12)14(19)8-4-2-1-3-7(8)13(9)18;;/h1-6H;1H;/q+1;;/p-1. The van der Waals surface area contributed by atoms with Gasteiger partial charge in [-0.15, -0.1) is 0 Å². The molecule has 0 N–H and O–H groups in total. The van der Waals surface area contributed by atoms with E-state index in [4.69, 9.17) is 17.0 Å². The Morgan fingerprint density at radius 1 is 0.905 bits per heavy atom. The van der Waals surface area contributed by atoms with E-state index in [-0.39, 0.29) is 65.3 Å². The topological polar surface area (TPSA) is 62.3 Å². The molecule has 4 nitrogen and oxygen atoms in total. The molecule has 0 atom stereocenters. The molecule has 0 amide bonds. The van der Waals surface area contributed by atoms with Crippen LogP contribution in [0.2, 0.25) is 5.02 Å². The zero-order valence-corrected chi connectivity index (χ0v) is 15.1. The number of fused-ring (bicyclic) bond motifs is 2. The van der Waals surface area contributed by atoms with Crippen molar-refractivity contribution >= 4 is 28.9 Å². The Bertz CT molecular complexity index is 800. The van der Waals surface area contributed by atoms with Crippen LogP contribution in [0.3, 0.4) is 0 Å². The van der Waals surface area contributed by atoms with Crippen molar-refractivity contribution in [3.05, 3.63) is 68.7 Å². The van der Waals surface area contributed by atoms with Crippen LogP contribution >= 0.6 is 11.6 Å². The minimum atomic E-state index is -0.333. The van der Waals surface area contributed by atoms with Crippen LogP contribution in [0.25, 0.3) is 4.98 Å². The normalized spacial score (nSPS) is 11.4. The summed E-state index contributed by atoms with van der Waals surface area (Å²) in [6.45, 7) is 0. The fraction of sp³-hybridized carbons (Fsp3) is 0. The molecule has 0 radical (unpaired) electrons. The fourth-order valence-corrected chi connectivity index (χ4v) is 2.50. The molecule has 0 bridgehead atoms. The SMILES string of the molecule is N#[N+]c1ccc2c(c1Cl)C(=O)c1ccccc1C2=O.[Cl-].[Zn]. The number of rotatable bonds is 0. The third-order valence-electron chi connectivity index (χ3n) is 3.12. The Morgan fingerprint density at radius 3 is 2.05 bits per heavy atom.